The summed E-state index contributed by atoms with van der Waals surface area (Å²) in [6, 6.07) is 5.02. The quantitative estimate of drug-likeness (QED) is 0.693. The van der Waals surface area contributed by atoms with Crippen LogP contribution in [0.1, 0.15) is 23.2 Å². The van der Waals surface area contributed by atoms with Gasteiger partial charge in [0.15, 0.2) is 0 Å². The molecule has 10 heteroatoms. The molecule has 8 nitrogen and oxygen atoms in total. The van der Waals surface area contributed by atoms with Crippen LogP contribution >= 0.6 is 0 Å². The Bertz CT molecular complexity index is 1130. The zero-order valence-corrected chi connectivity index (χ0v) is 17.2. The Morgan fingerprint density at radius 2 is 1.87 bits per heavy atom. The number of carbonyl (C=O) groups is 2. The minimum atomic E-state index is -2.70. The molecule has 0 bridgehead atoms. The number of nitrogens with one attached hydrogen (secondary N) is 1. The molecule has 0 radical (unpaired) electrons. The summed E-state index contributed by atoms with van der Waals surface area (Å²) in [4.78, 5) is 36.1. The fraction of sp³-hybridized carbons (Fsp3) is 0.333. The predicted octanol–water partition coefficient (Wildman–Crippen LogP) is 3.39. The SMILES string of the molecule is CN(C)C(=O)Nc1cncc(-n2ccc3cc(C(=O)N4CCC(F)(F)CC4)cnc32)c1. The lowest BCUT2D eigenvalue weighted by atomic mass is 10.1. The zero-order chi connectivity index (χ0) is 22.2. The van der Waals surface area contributed by atoms with Gasteiger partial charge in [0.05, 0.1) is 29.3 Å². The van der Waals surface area contributed by atoms with Crippen LogP contribution in [0.15, 0.2) is 43.0 Å². The minimum Gasteiger partial charge on any atom is -0.338 e. The normalized spacial score (nSPS) is 15.7. The number of fused-ring (bicyclic) bond motifs is 1. The molecule has 1 aliphatic rings. The number of hydrogen-bond acceptors (Lipinski definition) is 4. The fourth-order valence-electron chi connectivity index (χ4n) is 3.43. The van der Waals surface area contributed by atoms with Crippen molar-refractivity contribution in [2.75, 3.05) is 32.5 Å². The first-order chi connectivity index (χ1) is 14.7. The molecule has 1 aliphatic heterocycles. The number of anilines is 1. The average molecular weight is 428 g/mol. The van der Waals surface area contributed by atoms with E-state index in [4.69, 9.17) is 0 Å². The van der Waals surface area contributed by atoms with E-state index in [9.17, 15) is 18.4 Å². The van der Waals surface area contributed by atoms with Gasteiger partial charge in [-0.05, 0) is 18.2 Å². The third-order valence-corrected chi connectivity index (χ3v) is 5.22. The number of carbonyl (C=O) groups excluding carboxylic acids is 2. The minimum absolute atomic E-state index is 0.0298. The van der Waals surface area contributed by atoms with Crippen molar-refractivity contribution in [3.8, 4) is 5.69 Å². The van der Waals surface area contributed by atoms with E-state index in [0.717, 1.165) is 5.39 Å². The zero-order valence-electron chi connectivity index (χ0n) is 17.2. The first-order valence-corrected chi connectivity index (χ1v) is 9.81. The number of rotatable bonds is 3. The van der Waals surface area contributed by atoms with Crippen LogP contribution in [0, 0.1) is 0 Å². The lowest BCUT2D eigenvalue weighted by Crippen LogP contribution is -2.42. The van der Waals surface area contributed by atoms with Crippen LogP contribution in [0.5, 0.6) is 0 Å². The largest absolute Gasteiger partial charge is 0.338 e. The summed E-state index contributed by atoms with van der Waals surface area (Å²) in [5.41, 5.74) is 2.20. The van der Waals surface area contributed by atoms with E-state index in [1.165, 1.54) is 16.0 Å². The van der Waals surface area contributed by atoms with Crippen molar-refractivity contribution in [1.82, 2.24) is 24.3 Å². The van der Waals surface area contributed by atoms with Gasteiger partial charge in [0.2, 0.25) is 0 Å². The van der Waals surface area contributed by atoms with Crippen LogP contribution in [-0.2, 0) is 0 Å². The summed E-state index contributed by atoms with van der Waals surface area (Å²) in [5.74, 6) is -3.00. The lowest BCUT2D eigenvalue weighted by molar-refractivity contribution is -0.0494. The first kappa shape index (κ1) is 20.7. The number of likely N-dealkylation sites (tertiary alicyclic amines) is 1. The molecule has 0 saturated carbocycles. The summed E-state index contributed by atoms with van der Waals surface area (Å²) in [6.45, 7) is 0.0595. The number of urea groups is 1. The Hall–Kier alpha value is -3.56. The molecular weight excluding hydrogens is 406 g/mol. The number of piperidine rings is 1. The van der Waals surface area contributed by atoms with Crippen molar-refractivity contribution in [2.24, 2.45) is 0 Å². The Morgan fingerprint density at radius 1 is 1.13 bits per heavy atom. The van der Waals surface area contributed by atoms with Crippen molar-refractivity contribution in [2.45, 2.75) is 18.8 Å². The summed E-state index contributed by atoms with van der Waals surface area (Å²) in [5, 5.41) is 3.48. The standard InChI is InChI=1S/C21H22F2N6O2/c1-27(2)20(31)26-16-10-17(13-24-12-16)29-6-3-14-9-15(11-25-18(14)29)19(30)28-7-4-21(22,23)5-8-28/h3,6,9-13H,4-5,7-8H2,1-2H3,(H,26,31). The predicted molar refractivity (Wildman–Crippen MR) is 112 cm³/mol. The number of aromatic nitrogens is 3. The van der Waals surface area contributed by atoms with Crippen molar-refractivity contribution in [3.05, 3.63) is 48.5 Å². The molecule has 3 aromatic rings. The topological polar surface area (TPSA) is 83.4 Å². The highest BCUT2D eigenvalue weighted by atomic mass is 19.3. The average Bonchev–Trinajstić information content (AvgIpc) is 3.16. The highest BCUT2D eigenvalue weighted by molar-refractivity contribution is 5.97. The van der Waals surface area contributed by atoms with Gasteiger partial charge in [-0.2, -0.15) is 0 Å². The molecule has 162 valence electrons. The van der Waals surface area contributed by atoms with Gasteiger partial charge in [-0.25, -0.2) is 18.6 Å². The van der Waals surface area contributed by atoms with Crippen LogP contribution in [0.25, 0.3) is 16.7 Å². The van der Waals surface area contributed by atoms with Crippen LogP contribution in [-0.4, -0.2) is 69.4 Å². The molecule has 0 atom stereocenters. The number of pyridine rings is 2. The van der Waals surface area contributed by atoms with Gasteiger partial charge in [-0.15, -0.1) is 0 Å². The maximum atomic E-state index is 13.4. The van der Waals surface area contributed by atoms with E-state index < -0.39 is 5.92 Å². The number of halogens is 2. The molecule has 4 rings (SSSR count). The van der Waals surface area contributed by atoms with Gasteiger partial charge in [0.1, 0.15) is 5.65 Å². The third kappa shape index (κ3) is 4.32. The number of amides is 3. The monoisotopic (exact) mass is 428 g/mol. The summed E-state index contributed by atoms with van der Waals surface area (Å²) >= 11 is 0. The molecule has 3 amide bonds. The van der Waals surface area contributed by atoms with E-state index in [-0.39, 0.29) is 37.9 Å². The van der Waals surface area contributed by atoms with Gasteiger partial charge < -0.3 is 15.1 Å². The molecule has 0 aromatic carbocycles. The molecule has 31 heavy (non-hydrogen) atoms. The second-order valence-electron chi connectivity index (χ2n) is 7.73. The molecule has 3 aromatic heterocycles. The van der Waals surface area contributed by atoms with E-state index in [1.807, 2.05) is 6.07 Å². The number of hydrogen-bond donors (Lipinski definition) is 1. The smallest absolute Gasteiger partial charge is 0.321 e. The Labute approximate surface area is 177 Å². The van der Waals surface area contributed by atoms with Crippen LogP contribution in [0.2, 0.25) is 0 Å². The highest BCUT2D eigenvalue weighted by Gasteiger charge is 2.35. The Kier molecular flexibility index (Phi) is 5.30. The maximum Gasteiger partial charge on any atom is 0.321 e. The van der Waals surface area contributed by atoms with Gasteiger partial charge in [0.25, 0.3) is 11.8 Å². The number of alkyl halides is 2. The van der Waals surface area contributed by atoms with Crippen LogP contribution in [0.3, 0.4) is 0 Å². The fourth-order valence-corrected chi connectivity index (χ4v) is 3.43. The van der Waals surface area contributed by atoms with Crippen molar-refractivity contribution in [3.63, 3.8) is 0 Å². The molecule has 0 unspecified atom stereocenters. The van der Waals surface area contributed by atoms with Crippen LogP contribution < -0.4 is 5.32 Å². The summed E-state index contributed by atoms with van der Waals surface area (Å²) < 4.78 is 28.5. The van der Waals surface area contributed by atoms with E-state index >= 15 is 0 Å². The van der Waals surface area contributed by atoms with E-state index in [1.54, 1.807) is 49.4 Å². The third-order valence-electron chi connectivity index (χ3n) is 5.22. The van der Waals surface area contributed by atoms with Gasteiger partial charge >= 0.3 is 6.03 Å². The second-order valence-corrected chi connectivity index (χ2v) is 7.73. The van der Waals surface area contributed by atoms with Crippen molar-refractivity contribution < 1.29 is 18.4 Å². The van der Waals surface area contributed by atoms with Crippen LogP contribution in [0.4, 0.5) is 19.3 Å². The highest BCUT2D eigenvalue weighted by Crippen LogP contribution is 2.29. The molecule has 0 aliphatic carbocycles. The van der Waals surface area contributed by atoms with E-state index in [0.29, 0.717) is 22.6 Å². The number of nitrogens with zero attached hydrogens (tertiary/aromatic N) is 5. The van der Waals surface area contributed by atoms with Crippen molar-refractivity contribution in [1.29, 1.82) is 0 Å². The summed E-state index contributed by atoms with van der Waals surface area (Å²) in [7, 11) is 3.29. The van der Waals surface area contributed by atoms with Gasteiger partial charge in [-0.3, -0.25) is 14.3 Å². The molecule has 1 N–H and O–H groups in total. The molecule has 1 fully saturated rings. The maximum absolute atomic E-state index is 13.4. The Balaban J connectivity index is 1.57. The van der Waals surface area contributed by atoms with Gasteiger partial charge in [-0.1, -0.05) is 0 Å². The summed E-state index contributed by atoms with van der Waals surface area (Å²) in [6.07, 6.45) is 5.79. The second kappa shape index (κ2) is 7.93. The lowest BCUT2D eigenvalue weighted by Gasteiger charge is -2.31. The van der Waals surface area contributed by atoms with E-state index in [2.05, 4.69) is 15.3 Å². The first-order valence-electron chi connectivity index (χ1n) is 9.81. The molecule has 4 heterocycles. The molecular formula is C21H22F2N6O2. The molecule has 1 saturated heterocycles. The van der Waals surface area contributed by atoms with Crippen molar-refractivity contribution >= 4 is 28.7 Å². The Morgan fingerprint density at radius 3 is 2.58 bits per heavy atom. The molecule has 0 spiro atoms. The van der Waals surface area contributed by atoms with Gasteiger partial charge in [0, 0.05) is 57.8 Å².